The smallest absolute Gasteiger partial charge is 0.278 e. The van der Waals surface area contributed by atoms with Crippen LogP contribution in [-0.2, 0) is 0 Å². The first-order chi connectivity index (χ1) is 8.11. The van der Waals surface area contributed by atoms with Gasteiger partial charge in [0.2, 0.25) is 0 Å². The van der Waals surface area contributed by atoms with E-state index in [0.717, 1.165) is 11.3 Å². The number of nitrogen functional groups attached to an aromatic ring is 1. The fourth-order valence-corrected chi connectivity index (χ4v) is 1.68. The molecule has 1 amide bonds. The molecule has 2 rings (SSSR count). The first kappa shape index (κ1) is 11.2. The Balaban J connectivity index is 2.33. The Hall–Kier alpha value is -2.30. The number of carbonyl (C=O) groups is 1. The molecule has 5 nitrogen and oxygen atoms in total. The van der Waals surface area contributed by atoms with Crippen LogP contribution >= 0.6 is 0 Å². The summed E-state index contributed by atoms with van der Waals surface area (Å²) in [6.07, 6.45) is 1.43. The zero-order valence-electron chi connectivity index (χ0n) is 9.77. The normalized spacial score (nSPS) is 10.2. The number of hydrogen-bond acceptors (Lipinski definition) is 3. The van der Waals surface area contributed by atoms with Gasteiger partial charge >= 0.3 is 0 Å². The second-order valence-corrected chi connectivity index (χ2v) is 3.85. The van der Waals surface area contributed by atoms with Crippen LogP contribution in [-0.4, -0.2) is 23.2 Å². The van der Waals surface area contributed by atoms with Gasteiger partial charge in [0.15, 0.2) is 0 Å². The second kappa shape index (κ2) is 4.29. The molecule has 2 aromatic rings. The molecule has 0 spiro atoms. The lowest BCUT2D eigenvalue weighted by Gasteiger charge is -2.18. The van der Waals surface area contributed by atoms with Crippen LogP contribution in [0.4, 0.5) is 11.4 Å². The molecule has 0 atom stereocenters. The summed E-state index contributed by atoms with van der Waals surface area (Å²) >= 11 is 0. The summed E-state index contributed by atoms with van der Waals surface area (Å²) in [5.41, 5.74) is 8.21. The van der Waals surface area contributed by atoms with Crippen molar-refractivity contribution in [1.82, 2.24) is 10.2 Å². The number of rotatable bonds is 2. The number of anilines is 2. The third-order valence-corrected chi connectivity index (χ3v) is 2.66. The van der Waals surface area contributed by atoms with Crippen molar-refractivity contribution in [3.63, 3.8) is 0 Å². The van der Waals surface area contributed by atoms with E-state index in [1.165, 1.54) is 6.20 Å². The molecule has 88 valence electrons. The molecule has 0 aliphatic carbocycles. The van der Waals surface area contributed by atoms with E-state index in [9.17, 15) is 4.79 Å². The number of benzene rings is 1. The second-order valence-electron chi connectivity index (χ2n) is 3.85. The average Bonchev–Trinajstić information content (AvgIpc) is 2.74. The number of carbonyl (C=O) groups excluding carboxylic acids is 1. The van der Waals surface area contributed by atoms with E-state index in [4.69, 9.17) is 5.73 Å². The molecule has 0 radical (unpaired) electrons. The largest absolute Gasteiger partial charge is 0.396 e. The maximum Gasteiger partial charge on any atom is 0.278 e. The minimum absolute atomic E-state index is 0.200. The van der Waals surface area contributed by atoms with Crippen molar-refractivity contribution >= 4 is 17.3 Å². The number of aromatic nitrogens is 2. The highest BCUT2D eigenvalue weighted by atomic mass is 16.2. The van der Waals surface area contributed by atoms with Crippen LogP contribution in [0.1, 0.15) is 16.1 Å². The molecule has 0 aliphatic rings. The third kappa shape index (κ3) is 1.99. The van der Waals surface area contributed by atoms with E-state index in [-0.39, 0.29) is 5.91 Å². The molecule has 0 fully saturated rings. The Kier molecular flexibility index (Phi) is 2.82. The maximum atomic E-state index is 12.2. The van der Waals surface area contributed by atoms with E-state index < -0.39 is 0 Å². The van der Waals surface area contributed by atoms with Crippen molar-refractivity contribution in [2.24, 2.45) is 0 Å². The molecule has 5 heteroatoms. The van der Waals surface area contributed by atoms with Gasteiger partial charge in [0.1, 0.15) is 5.69 Å². The van der Waals surface area contributed by atoms with Gasteiger partial charge in [0.05, 0.1) is 11.9 Å². The van der Waals surface area contributed by atoms with Crippen LogP contribution in [0.3, 0.4) is 0 Å². The lowest BCUT2D eigenvalue weighted by atomic mass is 10.2. The summed E-state index contributed by atoms with van der Waals surface area (Å²) in [5.74, 6) is -0.200. The van der Waals surface area contributed by atoms with Gasteiger partial charge < -0.3 is 10.6 Å². The first-order valence-corrected chi connectivity index (χ1v) is 5.24. The molecule has 0 unspecified atom stereocenters. The maximum absolute atomic E-state index is 12.2. The number of amides is 1. The molecule has 3 N–H and O–H groups in total. The monoisotopic (exact) mass is 230 g/mol. The Morgan fingerprint density at radius 1 is 1.41 bits per heavy atom. The number of nitrogens with one attached hydrogen (secondary N) is 1. The van der Waals surface area contributed by atoms with Crippen molar-refractivity contribution in [3.8, 4) is 0 Å². The van der Waals surface area contributed by atoms with E-state index in [1.54, 1.807) is 11.9 Å². The Labute approximate surface area is 99.2 Å². The van der Waals surface area contributed by atoms with Crippen LogP contribution in [0.5, 0.6) is 0 Å². The van der Waals surface area contributed by atoms with Gasteiger partial charge in [-0.25, -0.2) is 0 Å². The Bertz CT molecular complexity index is 547. The van der Waals surface area contributed by atoms with Crippen molar-refractivity contribution in [3.05, 3.63) is 41.7 Å². The summed E-state index contributed by atoms with van der Waals surface area (Å²) in [6.45, 7) is 1.95. The summed E-state index contributed by atoms with van der Waals surface area (Å²) in [7, 11) is 1.71. The number of aromatic amines is 1. The van der Waals surface area contributed by atoms with E-state index in [0.29, 0.717) is 11.4 Å². The van der Waals surface area contributed by atoms with Gasteiger partial charge in [0.25, 0.3) is 5.91 Å². The molecular formula is C12H14N4O. The van der Waals surface area contributed by atoms with Gasteiger partial charge in [0, 0.05) is 12.7 Å². The predicted octanol–water partition coefficient (Wildman–Crippen LogP) is 1.58. The summed E-state index contributed by atoms with van der Waals surface area (Å²) in [4.78, 5) is 13.7. The fourth-order valence-electron chi connectivity index (χ4n) is 1.68. The van der Waals surface area contributed by atoms with Crippen LogP contribution in [0.2, 0.25) is 0 Å². The van der Waals surface area contributed by atoms with Crippen LogP contribution < -0.4 is 10.6 Å². The number of H-pyrrole nitrogens is 1. The third-order valence-electron chi connectivity index (χ3n) is 2.66. The summed E-state index contributed by atoms with van der Waals surface area (Å²) < 4.78 is 0. The zero-order valence-corrected chi connectivity index (χ0v) is 9.77. The molecular weight excluding hydrogens is 216 g/mol. The fraction of sp³-hybridized carbons (Fsp3) is 0.167. The van der Waals surface area contributed by atoms with E-state index in [2.05, 4.69) is 10.2 Å². The molecule has 0 saturated heterocycles. The highest BCUT2D eigenvalue weighted by Gasteiger charge is 2.18. The van der Waals surface area contributed by atoms with Crippen LogP contribution in [0.15, 0.2) is 30.5 Å². The SMILES string of the molecule is Cc1ccccc1N(C)C(=O)c1[nH]ncc1N. The predicted molar refractivity (Wildman–Crippen MR) is 66.9 cm³/mol. The van der Waals surface area contributed by atoms with Crippen LogP contribution in [0.25, 0.3) is 0 Å². The lowest BCUT2D eigenvalue weighted by Crippen LogP contribution is -2.27. The molecule has 0 bridgehead atoms. The van der Waals surface area contributed by atoms with E-state index in [1.807, 2.05) is 31.2 Å². The lowest BCUT2D eigenvalue weighted by molar-refractivity contribution is 0.0989. The summed E-state index contributed by atoms with van der Waals surface area (Å²) in [5, 5.41) is 6.35. The first-order valence-electron chi connectivity index (χ1n) is 5.24. The highest BCUT2D eigenvalue weighted by Crippen LogP contribution is 2.20. The number of nitrogens with zero attached hydrogens (tertiary/aromatic N) is 2. The molecule has 1 aromatic heterocycles. The standard InChI is InChI=1S/C12H14N4O/c1-8-5-3-4-6-10(8)16(2)12(17)11-9(13)7-14-15-11/h3-7H,13H2,1-2H3,(H,14,15). The quantitative estimate of drug-likeness (QED) is 0.822. The van der Waals surface area contributed by atoms with Crippen LogP contribution in [0, 0.1) is 6.92 Å². The summed E-state index contributed by atoms with van der Waals surface area (Å²) in [6, 6.07) is 7.67. The van der Waals surface area contributed by atoms with Crippen molar-refractivity contribution in [1.29, 1.82) is 0 Å². The number of nitrogens with two attached hydrogens (primary N) is 1. The van der Waals surface area contributed by atoms with Gasteiger partial charge in [-0.2, -0.15) is 5.10 Å². The molecule has 17 heavy (non-hydrogen) atoms. The van der Waals surface area contributed by atoms with Gasteiger partial charge in [-0.1, -0.05) is 18.2 Å². The Morgan fingerprint density at radius 3 is 2.71 bits per heavy atom. The van der Waals surface area contributed by atoms with Gasteiger partial charge in [-0.3, -0.25) is 9.89 Å². The molecule has 0 saturated carbocycles. The van der Waals surface area contributed by atoms with E-state index >= 15 is 0 Å². The minimum Gasteiger partial charge on any atom is -0.396 e. The van der Waals surface area contributed by atoms with Crippen molar-refractivity contribution < 1.29 is 4.79 Å². The number of para-hydroxylation sites is 1. The number of aryl methyl sites for hydroxylation is 1. The topological polar surface area (TPSA) is 75.0 Å². The van der Waals surface area contributed by atoms with Gasteiger partial charge in [-0.15, -0.1) is 0 Å². The van der Waals surface area contributed by atoms with Crippen molar-refractivity contribution in [2.75, 3.05) is 17.7 Å². The molecule has 1 heterocycles. The van der Waals surface area contributed by atoms with Crippen molar-refractivity contribution in [2.45, 2.75) is 6.92 Å². The minimum atomic E-state index is -0.200. The molecule has 1 aromatic carbocycles. The van der Waals surface area contributed by atoms with Gasteiger partial charge in [-0.05, 0) is 18.6 Å². The molecule has 0 aliphatic heterocycles. The Morgan fingerprint density at radius 2 is 2.12 bits per heavy atom. The number of hydrogen-bond donors (Lipinski definition) is 2. The average molecular weight is 230 g/mol. The highest BCUT2D eigenvalue weighted by molar-refractivity contribution is 6.07. The zero-order chi connectivity index (χ0) is 12.4.